The highest BCUT2D eigenvalue weighted by Gasteiger charge is 2.10. The van der Waals surface area contributed by atoms with Crippen molar-refractivity contribution in [3.05, 3.63) is 35.6 Å². The number of ether oxygens (including phenoxy) is 2. The maximum absolute atomic E-state index is 10.8. The van der Waals surface area contributed by atoms with Crippen LogP contribution in [-0.2, 0) is 16.1 Å². The Morgan fingerprint density at radius 2 is 2.00 bits per heavy atom. The van der Waals surface area contributed by atoms with Crippen LogP contribution in [0.2, 0.25) is 0 Å². The lowest BCUT2D eigenvalue weighted by Gasteiger charge is -2.07. The SMILES string of the molecule is CC(C)COCCOCc1ccc2oc(C(=O)O)cc2c1. The highest BCUT2D eigenvalue weighted by molar-refractivity contribution is 5.91. The molecule has 0 atom stereocenters. The van der Waals surface area contributed by atoms with Gasteiger partial charge in [0.25, 0.3) is 0 Å². The summed E-state index contributed by atoms with van der Waals surface area (Å²) in [4.78, 5) is 10.8. The second kappa shape index (κ2) is 7.24. The van der Waals surface area contributed by atoms with E-state index in [-0.39, 0.29) is 5.76 Å². The largest absolute Gasteiger partial charge is 0.475 e. The van der Waals surface area contributed by atoms with Crippen molar-refractivity contribution in [1.82, 2.24) is 0 Å². The van der Waals surface area contributed by atoms with Gasteiger partial charge in [-0.15, -0.1) is 0 Å². The van der Waals surface area contributed by atoms with Crippen molar-refractivity contribution in [2.45, 2.75) is 20.5 Å². The van der Waals surface area contributed by atoms with Crippen molar-refractivity contribution >= 4 is 16.9 Å². The lowest BCUT2D eigenvalue weighted by molar-refractivity contribution is 0.0315. The van der Waals surface area contributed by atoms with E-state index in [0.29, 0.717) is 31.3 Å². The van der Waals surface area contributed by atoms with Crippen LogP contribution in [0, 0.1) is 5.92 Å². The fraction of sp³-hybridized carbons (Fsp3) is 0.438. The van der Waals surface area contributed by atoms with Crippen molar-refractivity contribution in [2.24, 2.45) is 5.92 Å². The summed E-state index contributed by atoms with van der Waals surface area (Å²) in [6, 6.07) is 7.02. The van der Waals surface area contributed by atoms with Crippen molar-refractivity contribution in [3.63, 3.8) is 0 Å². The van der Waals surface area contributed by atoms with Crippen LogP contribution in [0.25, 0.3) is 11.0 Å². The predicted octanol–water partition coefficient (Wildman–Crippen LogP) is 3.32. The minimum atomic E-state index is -1.06. The van der Waals surface area contributed by atoms with E-state index in [4.69, 9.17) is 19.0 Å². The molecular formula is C16H20O5. The molecule has 0 saturated heterocycles. The topological polar surface area (TPSA) is 68.9 Å². The van der Waals surface area contributed by atoms with E-state index in [1.165, 1.54) is 6.07 Å². The Morgan fingerprint density at radius 3 is 2.71 bits per heavy atom. The molecule has 5 heteroatoms. The summed E-state index contributed by atoms with van der Waals surface area (Å²) in [6.45, 7) is 6.53. The summed E-state index contributed by atoms with van der Waals surface area (Å²) in [5.74, 6) is -0.589. The smallest absolute Gasteiger partial charge is 0.371 e. The van der Waals surface area contributed by atoms with Crippen LogP contribution in [0.4, 0.5) is 0 Å². The van der Waals surface area contributed by atoms with E-state index in [2.05, 4.69) is 13.8 Å². The third-order valence-corrected chi connectivity index (χ3v) is 2.88. The van der Waals surface area contributed by atoms with Gasteiger partial charge in [-0.3, -0.25) is 0 Å². The number of furan rings is 1. The molecule has 0 fully saturated rings. The number of fused-ring (bicyclic) bond motifs is 1. The molecule has 2 aromatic rings. The minimum absolute atomic E-state index is 0.0508. The molecule has 0 aliphatic carbocycles. The fourth-order valence-electron chi connectivity index (χ4n) is 1.91. The second-order valence-electron chi connectivity index (χ2n) is 5.31. The molecule has 0 saturated carbocycles. The maximum atomic E-state index is 10.8. The standard InChI is InChI=1S/C16H20O5/c1-11(2)9-19-5-6-20-10-12-3-4-14-13(7-12)8-15(21-14)16(17)18/h3-4,7-8,11H,5-6,9-10H2,1-2H3,(H,17,18). The van der Waals surface area contributed by atoms with Crippen LogP contribution in [0.5, 0.6) is 0 Å². The number of aromatic carboxylic acids is 1. The van der Waals surface area contributed by atoms with Gasteiger partial charge in [0.1, 0.15) is 5.58 Å². The van der Waals surface area contributed by atoms with Crippen LogP contribution in [0.1, 0.15) is 30.0 Å². The first-order valence-electron chi connectivity index (χ1n) is 6.97. The Morgan fingerprint density at radius 1 is 1.24 bits per heavy atom. The highest BCUT2D eigenvalue weighted by Crippen LogP contribution is 2.21. The third kappa shape index (κ3) is 4.58. The Balaban J connectivity index is 1.84. The number of benzene rings is 1. The number of hydrogen-bond donors (Lipinski definition) is 1. The van der Waals surface area contributed by atoms with Gasteiger partial charge in [-0.25, -0.2) is 4.79 Å². The number of carbonyl (C=O) groups is 1. The van der Waals surface area contributed by atoms with Crippen LogP contribution in [-0.4, -0.2) is 30.9 Å². The molecule has 5 nitrogen and oxygen atoms in total. The van der Waals surface area contributed by atoms with Gasteiger partial charge in [0, 0.05) is 12.0 Å². The van der Waals surface area contributed by atoms with E-state index >= 15 is 0 Å². The predicted molar refractivity (Wildman–Crippen MR) is 78.5 cm³/mol. The molecule has 1 heterocycles. The van der Waals surface area contributed by atoms with Crippen LogP contribution in [0.3, 0.4) is 0 Å². The molecule has 0 unspecified atom stereocenters. The molecule has 1 N–H and O–H groups in total. The molecule has 114 valence electrons. The molecule has 0 bridgehead atoms. The van der Waals surface area contributed by atoms with Gasteiger partial charge in [-0.05, 0) is 29.7 Å². The molecule has 2 rings (SSSR count). The molecule has 1 aromatic carbocycles. The molecule has 1 aromatic heterocycles. The quantitative estimate of drug-likeness (QED) is 0.756. The van der Waals surface area contributed by atoms with E-state index in [1.54, 1.807) is 6.07 Å². The van der Waals surface area contributed by atoms with Crippen molar-refractivity contribution in [2.75, 3.05) is 19.8 Å². The van der Waals surface area contributed by atoms with E-state index in [1.807, 2.05) is 12.1 Å². The van der Waals surface area contributed by atoms with E-state index in [0.717, 1.165) is 17.6 Å². The second-order valence-corrected chi connectivity index (χ2v) is 5.31. The molecule has 0 aliphatic heterocycles. The third-order valence-electron chi connectivity index (χ3n) is 2.88. The summed E-state index contributed by atoms with van der Waals surface area (Å²) >= 11 is 0. The Labute approximate surface area is 123 Å². The normalized spacial score (nSPS) is 11.4. The summed E-state index contributed by atoms with van der Waals surface area (Å²) in [5, 5.41) is 9.65. The van der Waals surface area contributed by atoms with Crippen LogP contribution >= 0.6 is 0 Å². The zero-order valence-corrected chi connectivity index (χ0v) is 12.3. The van der Waals surface area contributed by atoms with Gasteiger partial charge < -0.3 is 19.0 Å². The number of carboxylic acid groups (broad SMARTS) is 1. The lowest BCUT2D eigenvalue weighted by Crippen LogP contribution is -2.08. The number of carboxylic acids is 1. The molecule has 0 radical (unpaired) electrons. The Hall–Kier alpha value is -1.85. The van der Waals surface area contributed by atoms with Gasteiger partial charge >= 0.3 is 5.97 Å². The first-order valence-corrected chi connectivity index (χ1v) is 6.97. The van der Waals surface area contributed by atoms with Gasteiger partial charge in [0.2, 0.25) is 5.76 Å². The minimum Gasteiger partial charge on any atom is -0.475 e. The van der Waals surface area contributed by atoms with Gasteiger partial charge in [-0.1, -0.05) is 19.9 Å². The Bertz CT molecular complexity index is 600. The highest BCUT2D eigenvalue weighted by atomic mass is 16.5. The van der Waals surface area contributed by atoms with Crippen LogP contribution in [0.15, 0.2) is 28.7 Å². The maximum Gasteiger partial charge on any atom is 0.371 e. The van der Waals surface area contributed by atoms with Crippen LogP contribution < -0.4 is 0 Å². The Kier molecular flexibility index (Phi) is 5.36. The van der Waals surface area contributed by atoms with Gasteiger partial charge in [0.05, 0.1) is 19.8 Å². The molecule has 21 heavy (non-hydrogen) atoms. The average molecular weight is 292 g/mol. The molecular weight excluding hydrogens is 272 g/mol. The van der Waals surface area contributed by atoms with E-state index < -0.39 is 5.97 Å². The average Bonchev–Trinajstić information content (AvgIpc) is 2.85. The lowest BCUT2D eigenvalue weighted by atomic mass is 10.2. The molecule has 0 aliphatic rings. The zero-order valence-electron chi connectivity index (χ0n) is 12.3. The molecule has 0 amide bonds. The first-order chi connectivity index (χ1) is 10.1. The summed E-state index contributed by atoms with van der Waals surface area (Å²) < 4.78 is 16.2. The van der Waals surface area contributed by atoms with Crippen molar-refractivity contribution in [3.8, 4) is 0 Å². The summed E-state index contributed by atoms with van der Waals surface area (Å²) in [5.41, 5.74) is 1.54. The summed E-state index contributed by atoms with van der Waals surface area (Å²) in [7, 11) is 0. The van der Waals surface area contributed by atoms with Gasteiger partial charge in [0.15, 0.2) is 0 Å². The van der Waals surface area contributed by atoms with Gasteiger partial charge in [-0.2, -0.15) is 0 Å². The zero-order chi connectivity index (χ0) is 15.2. The fourth-order valence-corrected chi connectivity index (χ4v) is 1.91. The van der Waals surface area contributed by atoms with Crippen molar-refractivity contribution < 1.29 is 23.8 Å². The van der Waals surface area contributed by atoms with Crippen molar-refractivity contribution in [1.29, 1.82) is 0 Å². The number of rotatable bonds is 8. The summed E-state index contributed by atoms with van der Waals surface area (Å²) in [6.07, 6.45) is 0. The monoisotopic (exact) mass is 292 g/mol. The van der Waals surface area contributed by atoms with E-state index in [9.17, 15) is 4.79 Å². The molecule has 0 spiro atoms. The first kappa shape index (κ1) is 15.5. The number of hydrogen-bond acceptors (Lipinski definition) is 4.